The minimum Gasteiger partial charge on any atom is -0.439 e. The average Bonchev–Trinajstić information content (AvgIpc) is 3.53. The summed E-state index contributed by atoms with van der Waals surface area (Å²) >= 11 is 0. The predicted molar refractivity (Wildman–Crippen MR) is 107 cm³/mol. The van der Waals surface area contributed by atoms with E-state index in [1.165, 1.54) is 29.3 Å². The zero-order valence-electron chi connectivity index (χ0n) is 16.8. The number of aromatic nitrogens is 5. The maximum Gasteiger partial charge on any atom is 0.325 e. The number of nitrogens with one attached hydrogen (secondary N) is 1. The Labute approximate surface area is 180 Å². The zero-order chi connectivity index (χ0) is 22.3. The molecule has 0 radical (unpaired) electrons. The number of urea groups is 1. The normalized spacial score (nSPS) is 18.2. The third kappa shape index (κ3) is 3.29. The summed E-state index contributed by atoms with van der Waals surface area (Å²) < 4.78 is 20.3. The highest BCUT2D eigenvalue weighted by atomic mass is 19.1. The van der Waals surface area contributed by atoms with Crippen molar-refractivity contribution < 1.29 is 18.4 Å². The van der Waals surface area contributed by atoms with Crippen molar-refractivity contribution in [2.45, 2.75) is 19.0 Å². The van der Waals surface area contributed by atoms with Crippen molar-refractivity contribution in [2.75, 3.05) is 0 Å². The summed E-state index contributed by atoms with van der Waals surface area (Å²) in [6.07, 6.45) is 2.90. The van der Waals surface area contributed by atoms with Crippen LogP contribution in [0, 0.1) is 5.82 Å². The van der Waals surface area contributed by atoms with Crippen molar-refractivity contribution in [1.29, 1.82) is 0 Å². The molecule has 10 nitrogen and oxygen atoms in total. The molecule has 32 heavy (non-hydrogen) atoms. The summed E-state index contributed by atoms with van der Waals surface area (Å²) in [7, 11) is 0. The summed E-state index contributed by atoms with van der Waals surface area (Å²) in [5.41, 5.74) is 0.566. The first-order valence-electron chi connectivity index (χ1n) is 9.63. The van der Waals surface area contributed by atoms with E-state index in [0.29, 0.717) is 22.6 Å². The molecule has 4 aromatic rings. The number of halogens is 1. The van der Waals surface area contributed by atoms with Crippen LogP contribution in [-0.4, -0.2) is 42.0 Å². The van der Waals surface area contributed by atoms with Crippen molar-refractivity contribution in [3.8, 4) is 17.0 Å². The van der Waals surface area contributed by atoms with Crippen LogP contribution in [-0.2, 0) is 16.9 Å². The van der Waals surface area contributed by atoms with Crippen molar-refractivity contribution in [1.82, 2.24) is 35.4 Å². The molecule has 160 valence electrons. The van der Waals surface area contributed by atoms with Crippen molar-refractivity contribution in [3.05, 3.63) is 78.3 Å². The number of hydrogen-bond acceptors (Lipinski definition) is 7. The van der Waals surface area contributed by atoms with E-state index in [0.717, 1.165) is 4.90 Å². The lowest BCUT2D eigenvalue weighted by Crippen LogP contribution is -2.40. The van der Waals surface area contributed by atoms with Crippen LogP contribution in [0.2, 0.25) is 0 Å². The molecule has 1 aliphatic rings. The van der Waals surface area contributed by atoms with Crippen LogP contribution >= 0.6 is 0 Å². The molecule has 1 N–H and O–H groups in total. The highest BCUT2D eigenvalue weighted by molar-refractivity contribution is 6.07. The predicted octanol–water partition coefficient (Wildman–Crippen LogP) is 2.42. The SMILES string of the molecule is C[C@]1(c2cccc(-n3cnnn3)c2)NC(=O)N(Cc2ncc(-c3ccc(F)cc3)o2)C1=O. The van der Waals surface area contributed by atoms with Crippen LogP contribution in [0.5, 0.6) is 0 Å². The van der Waals surface area contributed by atoms with Gasteiger partial charge in [-0.15, -0.1) is 5.10 Å². The van der Waals surface area contributed by atoms with Gasteiger partial charge in [-0.3, -0.25) is 9.69 Å². The minimum absolute atomic E-state index is 0.145. The average molecular weight is 433 g/mol. The van der Waals surface area contributed by atoms with E-state index in [1.807, 2.05) is 0 Å². The lowest BCUT2D eigenvalue weighted by molar-refractivity contribution is -0.131. The second kappa shape index (κ2) is 7.38. The third-order valence-electron chi connectivity index (χ3n) is 5.29. The van der Waals surface area contributed by atoms with Gasteiger partial charge in [0.2, 0.25) is 5.89 Å². The van der Waals surface area contributed by atoms with Gasteiger partial charge >= 0.3 is 6.03 Å². The molecule has 1 saturated heterocycles. The Morgan fingerprint density at radius 2 is 1.97 bits per heavy atom. The van der Waals surface area contributed by atoms with Crippen LogP contribution in [0.25, 0.3) is 17.0 Å². The van der Waals surface area contributed by atoms with Gasteiger partial charge in [0.15, 0.2) is 5.76 Å². The quantitative estimate of drug-likeness (QED) is 0.480. The number of rotatable bonds is 5. The molecular weight excluding hydrogens is 417 g/mol. The third-order valence-corrected chi connectivity index (χ3v) is 5.29. The van der Waals surface area contributed by atoms with Crippen molar-refractivity contribution >= 4 is 11.9 Å². The first-order valence-corrected chi connectivity index (χ1v) is 9.63. The van der Waals surface area contributed by atoms with Crippen LogP contribution < -0.4 is 5.32 Å². The Morgan fingerprint density at radius 3 is 2.72 bits per heavy atom. The largest absolute Gasteiger partial charge is 0.439 e. The fourth-order valence-corrected chi connectivity index (χ4v) is 3.54. The maximum absolute atomic E-state index is 13.2. The number of amides is 3. The van der Waals surface area contributed by atoms with E-state index in [4.69, 9.17) is 4.42 Å². The van der Waals surface area contributed by atoms with Crippen LogP contribution in [0.4, 0.5) is 9.18 Å². The fraction of sp³-hybridized carbons (Fsp3) is 0.143. The van der Waals surface area contributed by atoms with Crippen LogP contribution in [0.15, 0.2) is 65.5 Å². The van der Waals surface area contributed by atoms with Gasteiger partial charge in [0.25, 0.3) is 5.91 Å². The van der Waals surface area contributed by atoms with Gasteiger partial charge in [-0.2, -0.15) is 0 Å². The van der Waals surface area contributed by atoms with Gasteiger partial charge in [0, 0.05) is 5.56 Å². The Kier molecular flexibility index (Phi) is 4.51. The molecule has 2 aromatic carbocycles. The number of carbonyl (C=O) groups is 2. The fourth-order valence-electron chi connectivity index (χ4n) is 3.54. The number of carbonyl (C=O) groups excluding carboxylic acids is 2. The molecular formula is C21H16FN7O3. The second-order valence-corrected chi connectivity index (χ2v) is 7.38. The maximum atomic E-state index is 13.2. The Balaban J connectivity index is 1.39. The zero-order valence-corrected chi connectivity index (χ0v) is 16.8. The van der Waals surface area contributed by atoms with Gasteiger partial charge in [-0.25, -0.2) is 18.9 Å². The molecule has 1 fully saturated rings. The topological polar surface area (TPSA) is 119 Å². The Morgan fingerprint density at radius 1 is 1.16 bits per heavy atom. The molecule has 5 rings (SSSR count). The van der Waals surface area contributed by atoms with E-state index >= 15 is 0 Å². The lowest BCUT2D eigenvalue weighted by atomic mass is 9.91. The second-order valence-electron chi connectivity index (χ2n) is 7.38. The van der Waals surface area contributed by atoms with Crippen LogP contribution in [0.1, 0.15) is 18.4 Å². The van der Waals surface area contributed by atoms with E-state index in [-0.39, 0.29) is 18.3 Å². The molecule has 0 unspecified atom stereocenters. The molecule has 0 bridgehead atoms. The molecule has 0 aliphatic carbocycles. The van der Waals surface area contributed by atoms with Gasteiger partial charge in [-0.1, -0.05) is 12.1 Å². The highest BCUT2D eigenvalue weighted by Gasteiger charge is 2.49. The summed E-state index contributed by atoms with van der Waals surface area (Å²) in [4.78, 5) is 31.1. The molecule has 3 heterocycles. The van der Waals surface area contributed by atoms with Crippen LogP contribution in [0.3, 0.4) is 0 Å². The van der Waals surface area contributed by atoms with Gasteiger partial charge in [0.1, 0.15) is 24.2 Å². The van der Waals surface area contributed by atoms with E-state index in [1.54, 1.807) is 43.3 Å². The summed E-state index contributed by atoms with van der Waals surface area (Å²) in [6, 6.07) is 12.2. The van der Waals surface area contributed by atoms with Gasteiger partial charge in [0.05, 0.1) is 11.9 Å². The first-order chi connectivity index (χ1) is 15.4. The number of imide groups is 1. The van der Waals surface area contributed by atoms with E-state index < -0.39 is 17.5 Å². The first kappa shape index (κ1) is 19.5. The number of benzene rings is 2. The molecule has 0 saturated carbocycles. The summed E-state index contributed by atoms with van der Waals surface area (Å²) in [5.74, 6) is -0.224. The highest BCUT2D eigenvalue weighted by Crippen LogP contribution is 2.31. The monoisotopic (exact) mass is 433 g/mol. The minimum atomic E-state index is -1.28. The number of hydrogen-bond donors (Lipinski definition) is 1. The van der Waals surface area contributed by atoms with Gasteiger partial charge < -0.3 is 9.73 Å². The van der Waals surface area contributed by atoms with E-state index in [2.05, 4.69) is 25.8 Å². The molecule has 11 heteroatoms. The van der Waals surface area contributed by atoms with Crippen molar-refractivity contribution in [2.24, 2.45) is 0 Å². The standard InChI is InChI=1S/C21H16FN7O3/c1-21(14-3-2-4-16(9-14)29-12-24-26-27-29)19(30)28(20(31)25-21)11-18-23-10-17(32-18)13-5-7-15(22)8-6-13/h2-10,12H,11H2,1H3,(H,25,31)/t21-/m1/s1. The number of tetrazole rings is 1. The molecule has 1 aliphatic heterocycles. The number of oxazole rings is 1. The van der Waals surface area contributed by atoms with Gasteiger partial charge in [-0.05, 0) is 59.3 Å². The molecule has 1 atom stereocenters. The smallest absolute Gasteiger partial charge is 0.325 e. The molecule has 2 aromatic heterocycles. The number of nitrogens with zero attached hydrogens (tertiary/aromatic N) is 6. The Bertz CT molecular complexity index is 1300. The molecule has 3 amide bonds. The summed E-state index contributed by atoms with van der Waals surface area (Å²) in [5, 5.41) is 13.8. The summed E-state index contributed by atoms with van der Waals surface area (Å²) in [6.45, 7) is 1.49. The Hall–Kier alpha value is -4.41. The van der Waals surface area contributed by atoms with Crippen molar-refractivity contribution in [3.63, 3.8) is 0 Å². The van der Waals surface area contributed by atoms with E-state index in [9.17, 15) is 14.0 Å². The molecule has 0 spiro atoms. The lowest BCUT2D eigenvalue weighted by Gasteiger charge is -2.22.